The van der Waals surface area contributed by atoms with E-state index in [1.165, 1.54) is 11.1 Å². The van der Waals surface area contributed by atoms with Crippen LogP contribution in [-0.4, -0.2) is 30.1 Å². The third kappa shape index (κ3) is 4.33. The van der Waals surface area contributed by atoms with Crippen molar-refractivity contribution in [2.24, 2.45) is 0 Å². The number of rotatable bonds is 6. The highest BCUT2D eigenvalue weighted by atomic mass is 16.4. The van der Waals surface area contributed by atoms with Gasteiger partial charge >= 0.3 is 5.97 Å². The molecule has 2 aromatic rings. The lowest BCUT2D eigenvalue weighted by Gasteiger charge is -2.16. The van der Waals surface area contributed by atoms with E-state index in [0.717, 1.165) is 17.8 Å². The Hall–Kier alpha value is -2.33. The Morgan fingerprint density at radius 3 is 2.41 bits per heavy atom. The van der Waals surface area contributed by atoms with Crippen molar-refractivity contribution in [1.82, 2.24) is 4.90 Å². The van der Waals surface area contributed by atoms with Crippen LogP contribution in [0.4, 0.5) is 5.69 Å². The van der Waals surface area contributed by atoms with Gasteiger partial charge in [-0.25, -0.2) is 4.79 Å². The van der Waals surface area contributed by atoms with Crippen LogP contribution in [0.1, 0.15) is 27.0 Å². The lowest BCUT2D eigenvalue weighted by molar-refractivity contribution is 0.0697. The summed E-state index contributed by atoms with van der Waals surface area (Å²) in [6.45, 7) is 3.64. The average molecular weight is 298 g/mol. The van der Waals surface area contributed by atoms with Gasteiger partial charge in [-0.05, 0) is 50.3 Å². The van der Waals surface area contributed by atoms with E-state index in [0.29, 0.717) is 12.1 Å². The second-order valence-corrected chi connectivity index (χ2v) is 5.75. The number of hydrogen-bond donors (Lipinski definition) is 2. The summed E-state index contributed by atoms with van der Waals surface area (Å²) in [6.07, 6.45) is 0. The van der Waals surface area contributed by atoms with E-state index in [1.807, 2.05) is 12.1 Å². The first-order valence-corrected chi connectivity index (χ1v) is 7.26. The fourth-order valence-corrected chi connectivity index (χ4v) is 2.33. The molecule has 0 aliphatic heterocycles. The molecule has 0 saturated carbocycles. The molecule has 22 heavy (non-hydrogen) atoms. The summed E-state index contributed by atoms with van der Waals surface area (Å²) in [4.78, 5) is 13.0. The molecule has 0 bridgehead atoms. The Morgan fingerprint density at radius 1 is 1.14 bits per heavy atom. The van der Waals surface area contributed by atoms with Crippen molar-refractivity contribution in [2.45, 2.75) is 20.0 Å². The van der Waals surface area contributed by atoms with Crippen LogP contribution in [0.5, 0.6) is 0 Å². The summed E-state index contributed by atoms with van der Waals surface area (Å²) >= 11 is 0. The van der Waals surface area contributed by atoms with E-state index >= 15 is 0 Å². The summed E-state index contributed by atoms with van der Waals surface area (Å²) < 4.78 is 0. The summed E-state index contributed by atoms with van der Waals surface area (Å²) in [6, 6.07) is 13.3. The SMILES string of the molecule is Cc1ccc(NCc2ccc(C(=O)O)cc2)c(CN(C)C)c1. The summed E-state index contributed by atoms with van der Waals surface area (Å²) in [7, 11) is 4.10. The maximum Gasteiger partial charge on any atom is 0.335 e. The van der Waals surface area contributed by atoms with E-state index in [-0.39, 0.29) is 0 Å². The zero-order valence-electron chi connectivity index (χ0n) is 13.3. The Labute approximate surface area is 131 Å². The minimum absolute atomic E-state index is 0.312. The van der Waals surface area contributed by atoms with E-state index in [2.05, 4.69) is 49.4 Å². The quantitative estimate of drug-likeness (QED) is 0.858. The van der Waals surface area contributed by atoms with E-state index < -0.39 is 5.97 Å². The lowest BCUT2D eigenvalue weighted by atomic mass is 10.1. The topological polar surface area (TPSA) is 52.6 Å². The van der Waals surface area contributed by atoms with Gasteiger partial charge in [0.05, 0.1) is 5.56 Å². The van der Waals surface area contributed by atoms with Crippen molar-refractivity contribution >= 4 is 11.7 Å². The first-order chi connectivity index (χ1) is 10.5. The van der Waals surface area contributed by atoms with Gasteiger partial charge in [0, 0.05) is 18.8 Å². The van der Waals surface area contributed by atoms with Gasteiger partial charge in [-0.3, -0.25) is 0 Å². The van der Waals surface area contributed by atoms with Crippen molar-refractivity contribution in [3.05, 3.63) is 64.7 Å². The van der Waals surface area contributed by atoms with Crippen LogP contribution in [0, 0.1) is 6.92 Å². The number of carboxylic acids is 1. The normalized spacial score (nSPS) is 10.7. The predicted octanol–water partition coefficient (Wildman–Crippen LogP) is 3.37. The average Bonchev–Trinajstić information content (AvgIpc) is 2.46. The molecule has 2 N–H and O–H groups in total. The fraction of sp³-hybridized carbons (Fsp3) is 0.278. The number of nitrogens with zero attached hydrogens (tertiary/aromatic N) is 1. The molecular weight excluding hydrogens is 276 g/mol. The number of carbonyl (C=O) groups is 1. The predicted molar refractivity (Wildman–Crippen MR) is 89.3 cm³/mol. The van der Waals surface area contributed by atoms with Crippen LogP contribution in [0.2, 0.25) is 0 Å². The number of aromatic carboxylic acids is 1. The van der Waals surface area contributed by atoms with E-state index in [9.17, 15) is 4.79 Å². The molecule has 4 nitrogen and oxygen atoms in total. The largest absolute Gasteiger partial charge is 0.478 e. The molecule has 0 aliphatic rings. The van der Waals surface area contributed by atoms with Gasteiger partial charge in [0.25, 0.3) is 0 Å². The first-order valence-electron chi connectivity index (χ1n) is 7.26. The second-order valence-electron chi connectivity index (χ2n) is 5.75. The van der Waals surface area contributed by atoms with Gasteiger partial charge < -0.3 is 15.3 Å². The van der Waals surface area contributed by atoms with E-state index in [4.69, 9.17) is 5.11 Å². The molecule has 0 aliphatic carbocycles. The number of aryl methyl sites for hydroxylation is 1. The van der Waals surface area contributed by atoms with Crippen LogP contribution in [0.25, 0.3) is 0 Å². The van der Waals surface area contributed by atoms with Gasteiger partial charge in [0.1, 0.15) is 0 Å². The minimum Gasteiger partial charge on any atom is -0.478 e. The lowest BCUT2D eigenvalue weighted by Crippen LogP contribution is -2.13. The Morgan fingerprint density at radius 2 is 1.82 bits per heavy atom. The minimum atomic E-state index is -0.897. The zero-order valence-corrected chi connectivity index (χ0v) is 13.3. The molecule has 116 valence electrons. The molecule has 0 saturated heterocycles. The number of carboxylic acid groups (broad SMARTS) is 1. The summed E-state index contributed by atoms with van der Waals surface area (Å²) in [5.74, 6) is -0.897. The zero-order chi connectivity index (χ0) is 16.1. The summed E-state index contributed by atoms with van der Waals surface area (Å²) in [5.41, 5.74) is 4.98. The molecule has 0 fully saturated rings. The van der Waals surface area contributed by atoms with E-state index in [1.54, 1.807) is 12.1 Å². The summed E-state index contributed by atoms with van der Waals surface area (Å²) in [5, 5.41) is 12.3. The molecule has 0 amide bonds. The molecule has 0 heterocycles. The van der Waals surface area contributed by atoms with Crippen molar-refractivity contribution < 1.29 is 9.90 Å². The third-order valence-corrected chi connectivity index (χ3v) is 3.43. The van der Waals surface area contributed by atoms with Gasteiger partial charge in [-0.2, -0.15) is 0 Å². The highest BCUT2D eigenvalue weighted by Gasteiger charge is 2.05. The first kappa shape index (κ1) is 16.0. The van der Waals surface area contributed by atoms with Crippen LogP contribution in [0.15, 0.2) is 42.5 Å². The van der Waals surface area contributed by atoms with Gasteiger partial charge in [-0.1, -0.05) is 29.8 Å². The van der Waals surface area contributed by atoms with Crippen LogP contribution < -0.4 is 5.32 Å². The van der Waals surface area contributed by atoms with Crippen molar-refractivity contribution in [3.63, 3.8) is 0 Å². The Balaban J connectivity index is 2.09. The smallest absolute Gasteiger partial charge is 0.335 e. The number of nitrogens with one attached hydrogen (secondary N) is 1. The molecule has 0 radical (unpaired) electrons. The number of benzene rings is 2. The van der Waals surface area contributed by atoms with Gasteiger partial charge in [0.15, 0.2) is 0 Å². The van der Waals surface area contributed by atoms with Crippen molar-refractivity contribution in [3.8, 4) is 0 Å². The van der Waals surface area contributed by atoms with Crippen LogP contribution in [-0.2, 0) is 13.1 Å². The molecule has 0 aromatic heterocycles. The van der Waals surface area contributed by atoms with Crippen molar-refractivity contribution in [2.75, 3.05) is 19.4 Å². The second kappa shape index (κ2) is 7.09. The molecule has 0 unspecified atom stereocenters. The van der Waals surface area contributed by atoms with Crippen molar-refractivity contribution in [1.29, 1.82) is 0 Å². The number of hydrogen-bond acceptors (Lipinski definition) is 3. The molecule has 0 spiro atoms. The highest BCUT2D eigenvalue weighted by molar-refractivity contribution is 5.87. The molecule has 0 atom stereocenters. The monoisotopic (exact) mass is 298 g/mol. The van der Waals surface area contributed by atoms with Gasteiger partial charge in [-0.15, -0.1) is 0 Å². The number of anilines is 1. The Bertz CT molecular complexity index is 649. The van der Waals surface area contributed by atoms with Crippen LogP contribution in [0.3, 0.4) is 0 Å². The maximum atomic E-state index is 10.9. The Kier molecular flexibility index (Phi) is 5.17. The van der Waals surface area contributed by atoms with Gasteiger partial charge in [0.2, 0.25) is 0 Å². The molecular formula is C18H22N2O2. The molecule has 4 heteroatoms. The maximum absolute atomic E-state index is 10.9. The molecule has 2 aromatic carbocycles. The molecule has 2 rings (SSSR count). The standard InChI is InChI=1S/C18H22N2O2/c1-13-4-9-17(16(10-13)12-20(2)3)19-11-14-5-7-15(8-6-14)18(21)22/h4-10,19H,11-12H2,1-3H3,(H,21,22). The van der Waals surface area contributed by atoms with Crippen LogP contribution >= 0.6 is 0 Å². The third-order valence-electron chi connectivity index (χ3n) is 3.43. The fourth-order valence-electron chi connectivity index (χ4n) is 2.33. The highest BCUT2D eigenvalue weighted by Crippen LogP contribution is 2.19.